The number of ether oxygens (including phenoxy) is 1. The second-order valence-electron chi connectivity index (χ2n) is 4.73. The first kappa shape index (κ1) is 14.6. The molecule has 0 fully saturated rings. The average molecular weight is 253 g/mol. The quantitative estimate of drug-likeness (QED) is 0.768. The van der Waals surface area contributed by atoms with Crippen LogP contribution >= 0.6 is 0 Å². The fourth-order valence-corrected chi connectivity index (χ4v) is 1.59. The van der Waals surface area contributed by atoms with Gasteiger partial charge in [0.05, 0.1) is 5.60 Å². The van der Waals surface area contributed by atoms with Crippen LogP contribution in [0.15, 0.2) is 0 Å². The monoisotopic (exact) mass is 253 g/mol. The van der Waals surface area contributed by atoms with Crippen molar-refractivity contribution in [3.05, 3.63) is 5.82 Å². The van der Waals surface area contributed by atoms with Crippen LogP contribution in [0.5, 0.6) is 0 Å². The molecule has 1 heterocycles. The van der Waals surface area contributed by atoms with Crippen molar-refractivity contribution in [1.82, 2.24) is 15.0 Å². The summed E-state index contributed by atoms with van der Waals surface area (Å²) in [6.45, 7) is 9.38. The molecule has 0 aliphatic rings. The molecule has 1 rings (SSSR count). The molecule has 0 saturated carbocycles. The third-order valence-electron chi connectivity index (χ3n) is 2.38. The van der Waals surface area contributed by atoms with Crippen LogP contribution in [0.2, 0.25) is 0 Å². The van der Waals surface area contributed by atoms with E-state index >= 15 is 0 Å². The van der Waals surface area contributed by atoms with Gasteiger partial charge in [0, 0.05) is 19.6 Å². The van der Waals surface area contributed by atoms with Crippen molar-refractivity contribution in [2.75, 3.05) is 24.2 Å². The number of aryl methyl sites for hydroxylation is 1. The standard InChI is InChI=1S/C12H23N5O/c1-5-7-9-15-10(13)17-11(16-9)14-8-12(3,4)18-6-2/h5-8H2,1-4H3,(H3,13,14,15,16,17). The highest BCUT2D eigenvalue weighted by Crippen LogP contribution is 2.11. The number of aromatic nitrogens is 3. The number of nitrogens with zero attached hydrogens (tertiary/aromatic N) is 3. The molecule has 102 valence electrons. The van der Waals surface area contributed by atoms with E-state index in [1.807, 2.05) is 20.8 Å². The molecule has 0 radical (unpaired) electrons. The van der Waals surface area contributed by atoms with Gasteiger partial charge < -0.3 is 15.8 Å². The third kappa shape index (κ3) is 4.83. The summed E-state index contributed by atoms with van der Waals surface area (Å²) >= 11 is 0. The lowest BCUT2D eigenvalue weighted by Gasteiger charge is -2.24. The number of nitrogens with two attached hydrogens (primary N) is 1. The van der Waals surface area contributed by atoms with Crippen LogP contribution in [0.25, 0.3) is 0 Å². The molecule has 1 aromatic rings. The van der Waals surface area contributed by atoms with Gasteiger partial charge in [-0.25, -0.2) is 0 Å². The Balaban J connectivity index is 2.66. The average Bonchev–Trinajstić information content (AvgIpc) is 2.26. The van der Waals surface area contributed by atoms with E-state index in [1.54, 1.807) is 0 Å². The first-order chi connectivity index (χ1) is 8.46. The van der Waals surface area contributed by atoms with Crippen LogP contribution < -0.4 is 11.1 Å². The highest BCUT2D eigenvalue weighted by molar-refractivity contribution is 5.31. The van der Waals surface area contributed by atoms with Crippen molar-refractivity contribution in [3.8, 4) is 0 Å². The third-order valence-corrected chi connectivity index (χ3v) is 2.38. The summed E-state index contributed by atoms with van der Waals surface area (Å²) in [4.78, 5) is 12.5. The Labute approximate surface area is 108 Å². The predicted octanol–water partition coefficient (Wildman–Crippen LogP) is 1.63. The van der Waals surface area contributed by atoms with E-state index in [0.29, 0.717) is 19.1 Å². The molecule has 18 heavy (non-hydrogen) atoms. The van der Waals surface area contributed by atoms with Gasteiger partial charge in [-0.05, 0) is 27.2 Å². The minimum atomic E-state index is -0.263. The molecular weight excluding hydrogens is 230 g/mol. The van der Waals surface area contributed by atoms with Crippen LogP contribution in [-0.2, 0) is 11.2 Å². The molecular formula is C12H23N5O. The first-order valence-corrected chi connectivity index (χ1v) is 6.35. The van der Waals surface area contributed by atoms with Gasteiger partial charge >= 0.3 is 0 Å². The molecule has 0 unspecified atom stereocenters. The zero-order valence-electron chi connectivity index (χ0n) is 11.7. The molecule has 0 atom stereocenters. The Morgan fingerprint density at radius 2 is 1.94 bits per heavy atom. The molecule has 6 heteroatoms. The van der Waals surface area contributed by atoms with E-state index in [4.69, 9.17) is 10.5 Å². The smallest absolute Gasteiger partial charge is 0.227 e. The molecule has 0 aliphatic carbocycles. The van der Waals surface area contributed by atoms with Gasteiger partial charge in [-0.1, -0.05) is 6.92 Å². The predicted molar refractivity (Wildman–Crippen MR) is 72.4 cm³/mol. The maximum atomic E-state index is 5.65. The number of anilines is 2. The molecule has 0 aromatic carbocycles. The van der Waals surface area contributed by atoms with Crippen LogP contribution in [0.1, 0.15) is 39.9 Å². The van der Waals surface area contributed by atoms with Gasteiger partial charge in [0.15, 0.2) is 0 Å². The van der Waals surface area contributed by atoms with Crippen LogP contribution in [-0.4, -0.2) is 33.7 Å². The van der Waals surface area contributed by atoms with Crippen molar-refractivity contribution < 1.29 is 4.74 Å². The fraction of sp³-hybridized carbons (Fsp3) is 0.750. The van der Waals surface area contributed by atoms with Crippen molar-refractivity contribution in [2.45, 2.75) is 46.1 Å². The van der Waals surface area contributed by atoms with Crippen molar-refractivity contribution in [2.24, 2.45) is 0 Å². The van der Waals surface area contributed by atoms with Gasteiger partial charge in [0.2, 0.25) is 11.9 Å². The summed E-state index contributed by atoms with van der Waals surface area (Å²) in [5, 5.41) is 3.14. The highest BCUT2D eigenvalue weighted by Gasteiger charge is 2.18. The van der Waals surface area contributed by atoms with Crippen LogP contribution in [0.4, 0.5) is 11.9 Å². The number of hydrogen-bond acceptors (Lipinski definition) is 6. The van der Waals surface area contributed by atoms with E-state index in [1.165, 1.54) is 0 Å². The molecule has 0 amide bonds. The molecule has 0 bridgehead atoms. The molecule has 6 nitrogen and oxygen atoms in total. The van der Waals surface area contributed by atoms with Gasteiger partial charge in [0.1, 0.15) is 5.82 Å². The maximum absolute atomic E-state index is 5.65. The summed E-state index contributed by atoms with van der Waals surface area (Å²) in [6.07, 6.45) is 1.78. The second-order valence-corrected chi connectivity index (χ2v) is 4.73. The van der Waals surface area contributed by atoms with Gasteiger partial charge in [-0.3, -0.25) is 0 Å². The lowest BCUT2D eigenvalue weighted by atomic mass is 10.1. The van der Waals surface area contributed by atoms with Crippen molar-refractivity contribution >= 4 is 11.9 Å². The van der Waals surface area contributed by atoms with Crippen molar-refractivity contribution in [3.63, 3.8) is 0 Å². The largest absolute Gasteiger partial charge is 0.374 e. The van der Waals surface area contributed by atoms with Gasteiger partial charge in [-0.15, -0.1) is 0 Å². The van der Waals surface area contributed by atoms with E-state index in [9.17, 15) is 0 Å². The number of rotatable bonds is 7. The lowest BCUT2D eigenvalue weighted by Crippen LogP contribution is -2.34. The summed E-state index contributed by atoms with van der Waals surface area (Å²) < 4.78 is 5.59. The Kier molecular flexibility index (Phi) is 5.27. The van der Waals surface area contributed by atoms with Gasteiger partial charge in [-0.2, -0.15) is 15.0 Å². The number of hydrogen-bond donors (Lipinski definition) is 2. The molecule has 1 aromatic heterocycles. The zero-order chi connectivity index (χ0) is 13.6. The topological polar surface area (TPSA) is 86.0 Å². The minimum absolute atomic E-state index is 0.255. The molecule has 0 aliphatic heterocycles. The SMILES string of the molecule is CCCc1nc(N)nc(NCC(C)(C)OCC)n1. The highest BCUT2D eigenvalue weighted by atomic mass is 16.5. The Bertz CT molecular complexity index is 381. The van der Waals surface area contributed by atoms with E-state index < -0.39 is 0 Å². The lowest BCUT2D eigenvalue weighted by molar-refractivity contribution is 0.000576. The maximum Gasteiger partial charge on any atom is 0.227 e. The molecule has 3 N–H and O–H groups in total. The molecule has 0 saturated heterocycles. The first-order valence-electron chi connectivity index (χ1n) is 6.35. The normalized spacial score (nSPS) is 11.6. The summed E-state index contributed by atoms with van der Waals surface area (Å²) in [5.74, 6) is 1.49. The number of nitrogen functional groups attached to an aromatic ring is 1. The zero-order valence-corrected chi connectivity index (χ0v) is 11.7. The molecule has 0 spiro atoms. The van der Waals surface area contributed by atoms with E-state index in [-0.39, 0.29) is 11.5 Å². The minimum Gasteiger partial charge on any atom is -0.374 e. The van der Waals surface area contributed by atoms with E-state index in [0.717, 1.165) is 18.7 Å². The number of nitrogens with one attached hydrogen (secondary N) is 1. The fourth-order valence-electron chi connectivity index (χ4n) is 1.59. The van der Waals surface area contributed by atoms with E-state index in [2.05, 4.69) is 27.2 Å². The Morgan fingerprint density at radius 3 is 2.56 bits per heavy atom. The Hall–Kier alpha value is -1.43. The summed E-state index contributed by atoms with van der Waals surface area (Å²) in [7, 11) is 0. The summed E-state index contributed by atoms with van der Waals surface area (Å²) in [5.41, 5.74) is 5.39. The summed E-state index contributed by atoms with van der Waals surface area (Å²) in [6, 6.07) is 0. The Morgan fingerprint density at radius 1 is 1.22 bits per heavy atom. The van der Waals surface area contributed by atoms with Crippen LogP contribution in [0.3, 0.4) is 0 Å². The van der Waals surface area contributed by atoms with Gasteiger partial charge in [0.25, 0.3) is 0 Å². The van der Waals surface area contributed by atoms with Crippen LogP contribution in [0, 0.1) is 0 Å². The second kappa shape index (κ2) is 6.49. The van der Waals surface area contributed by atoms with Crippen molar-refractivity contribution in [1.29, 1.82) is 0 Å².